The highest BCUT2D eigenvalue weighted by Gasteiger charge is 2.15. The number of benzene rings is 1. The van der Waals surface area contributed by atoms with Crippen LogP contribution in [0.15, 0.2) is 45.4 Å². The topological polar surface area (TPSA) is 129 Å². The molecule has 11 heteroatoms. The Hall–Kier alpha value is -3.60. The summed E-state index contributed by atoms with van der Waals surface area (Å²) in [5.41, 5.74) is 0.518. The van der Waals surface area contributed by atoms with Gasteiger partial charge in [-0.3, -0.25) is 28.8 Å². The SMILES string of the molecule is Cc1ccc(-c2csc(NC(=O)Cn3ccc(=O)n(C)c3=O)n2)cc1[N+](=O)[O-]. The Morgan fingerprint density at radius 2 is 2.07 bits per heavy atom. The zero-order chi connectivity index (χ0) is 20.4. The molecule has 1 amide bonds. The predicted octanol–water partition coefficient (Wildman–Crippen LogP) is 1.53. The van der Waals surface area contributed by atoms with Crippen LogP contribution in [-0.4, -0.2) is 24.9 Å². The molecule has 2 aromatic heterocycles. The minimum absolute atomic E-state index is 0.00912. The largest absolute Gasteiger partial charge is 0.331 e. The second kappa shape index (κ2) is 7.56. The average Bonchev–Trinajstić information content (AvgIpc) is 3.10. The van der Waals surface area contributed by atoms with Gasteiger partial charge in [-0.1, -0.05) is 12.1 Å². The van der Waals surface area contributed by atoms with Crippen LogP contribution in [0.2, 0.25) is 0 Å². The zero-order valence-corrected chi connectivity index (χ0v) is 15.7. The lowest BCUT2D eigenvalue weighted by molar-refractivity contribution is -0.385. The number of thiazole rings is 1. The highest BCUT2D eigenvalue weighted by atomic mass is 32.1. The van der Waals surface area contributed by atoms with Gasteiger partial charge in [-0.2, -0.15) is 0 Å². The summed E-state index contributed by atoms with van der Waals surface area (Å²) < 4.78 is 2.01. The summed E-state index contributed by atoms with van der Waals surface area (Å²) in [5.74, 6) is -0.489. The lowest BCUT2D eigenvalue weighted by Gasteiger charge is -2.06. The Labute approximate surface area is 161 Å². The third kappa shape index (κ3) is 3.88. The molecule has 10 nitrogen and oxygen atoms in total. The fraction of sp³-hybridized carbons (Fsp3) is 0.176. The lowest BCUT2D eigenvalue weighted by Crippen LogP contribution is -2.38. The van der Waals surface area contributed by atoms with E-state index in [1.54, 1.807) is 24.4 Å². The summed E-state index contributed by atoms with van der Waals surface area (Å²) in [6.07, 6.45) is 1.25. The summed E-state index contributed by atoms with van der Waals surface area (Å²) in [5, 5.41) is 15.6. The molecule has 0 radical (unpaired) electrons. The van der Waals surface area contributed by atoms with Crippen LogP contribution >= 0.6 is 11.3 Å². The quantitative estimate of drug-likeness (QED) is 0.510. The summed E-state index contributed by atoms with van der Waals surface area (Å²) in [6, 6.07) is 5.98. The molecule has 0 saturated carbocycles. The van der Waals surface area contributed by atoms with Crippen molar-refractivity contribution in [2.45, 2.75) is 13.5 Å². The van der Waals surface area contributed by atoms with Gasteiger partial charge in [0, 0.05) is 41.9 Å². The van der Waals surface area contributed by atoms with E-state index in [-0.39, 0.29) is 12.2 Å². The van der Waals surface area contributed by atoms with Crippen molar-refractivity contribution in [2.75, 3.05) is 5.32 Å². The molecule has 0 aliphatic rings. The van der Waals surface area contributed by atoms with Crippen LogP contribution in [0.25, 0.3) is 11.3 Å². The third-order valence-electron chi connectivity index (χ3n) is 4.03. The number of hydrogen-bond donors (Lipinski definition) is 1. The Morgan fingerprint density at radius 1 is 1.32 bits per heavy atom. The van der Waals surface area contributed by atoms with E-state index in [2.05, 4.69) is 10.3 Å². The first-order chi connectivity index (χ1) is 13.3. The molecule has 144 valence electrons. The van der Waals surface area contributed by atoms with Crippen molar-refractivity contribution in [3.8, 4) is 11.3 Å². The van der Waals surface area contributed by atoms with E-state index in [9.17, 15) is 24.5 Å². The molecule has 28 heavy (non-hydrogen) atoms. The third-order valence-corrected chi connectivity index (χ3v) is 4.78. The molecule has 1 aromatic carbocycles. The summed E-state index contributed by atoms with van der Waals surface area (Å²) >= 11 is 1.16. The number of aromatic nitrogens is 3. The van der Waals surface area contributed by atoms with Crippen molar-refractivity contribution in [3.63, 3.8) is 0 Å². The molecule has 0 fully saturated rings. The molecule has 0 saturated heterocycles. The maximum atomic E-state index is 12.2. The van der Waals surface area contributed by atoms with Gasteiger partial charge >= 0.3 is 5.69 Å². The van der Waals surface area contributed by atoms with Crippen molar-refractivity contribution in [3.05, 3.63) is 72.4 Å². The van der Waals surface area contributed by atoms with Gasteiger partial charge in [0.25, 0.3) is 11.2 Å². The Morgan fingerprint density at radius 3 is 2.79 bits per heavy atom. The minimum Gasteiger partial charge on any atom is -0.300 e. The van der Waals surface area contributed by atoms with E-state index in [1.165, 1.54) is 25.4 Å². The smallest absolute Gasteiger partial charge is 0.300 e. The molecular weight excluding hydrogens is 386 g/mol. The first-order valence-corrected chi connectivity index (χ1v) is 8.91. The highest BCUT2D eigenvalue weighted by Crippen LogP contribution is 2.29. The van der Waals surface area contributed by atoms with Crippen LogP contribution in [0.1, 0.15) is 5.56 Å². The standard InChI is InChI=1S/C17H15N5O5S/c1-10-3-4-11(7-13(10)22(26)27)12-9-28-16(18-12)19-14(23)8-21-6-5-15(24)20(2)17(21)25/h3-7,9H,8H2,1-2H3,(H,18,19,23). The number of nitro groups is 1. The number of carbonyl (C=O) groups is 1. The number of anilines is 1. The van der Waals surface area contributed by atoms with Crippen LogP contribution in [0.4, 0.5) is 10.8 Å². The first kappa shape index (κ1) is 19.2. The van der Waals surface area contributed by atoms with E-state index in [0.29, 0.717) is 22.0 Å². The fourth-order valence-corrected chi connectivity index (χ4v) is 3.22. The Kier molecular flexibility index (Phi) is 5.18. The van der Waals surface area contributed by atoms with Crippen molar-refractivity contribution in [1.82, 2.24) is 14.1 Å². The average molecular weight is 401 g/mol. The molecule has 1 N–H and O–H groups in total. The second-order valence-corrected chi connectivity index (χ2v) is 6.83. The number of rotatable bonds is 5. The molecule has 0 bridgehead atoms. The first-order valence-electron chi connectivity index (χ1n) is 8.03. The van der Waals surface area contributed by atoms with Crippen LogP contribution < -0.4 is 16.6 Å². The van der Waals surface area contributed by atoms with Gasteiger partial charge in [0.2, 0.25) is 5.91 Å². The summed E-state index contributed by atoms with van der Waals surface area (Å²) in [6.45, 7) is 1.37. The van der Waals surface area contributed by atoms with Crippen LogP contribution in [-0.2, 0) is 18.4 Å². The maximum Gasteiger partial charge on any atom is 0.331 e. The molecule has 0 spiro atoms. The maximum absolute atomic E-state index is 12.2. The molecule has 3 rings (SSSR count). The number of aryl methyl sites for hydroxylation is 1. The zero-order valence-electron chi connectivity index (χ0n) is 14.9. The fourth-order valence-electron chi connectivity index (χ4n) is 2.48. The van der Waals surface area contributed by atoms with Gasteiger partial charge < -0.3 is 5.32 Å². The molecule has 0 aliphatic carbocycles. The van der Waals surface area contributed by atoms with E-state index in [4.69, 9.17) is 0 Å². The lowest BCUT2D eigenvalue weighted by atomic mass is 10.1. The number of nitro benzene ring substituents is 1. The van der Waals surface area contributed by atoms with Gasteiger partial charge in [0.1, 0.15) is 6.54 Å². The van der Waals surface area contributed by atoms with Crippen LogP contribution in [0, 0.1) is 17.0 Å². The van der Waals surface area contributed by atoms with Crippen LogP contribution in [0.3, 0.4) is 0 Å². The molecular formula is C17H15N5O5S. The molecule has 3 aromatic rings. The van der Waals surface area contributed by atoms with E-state index >= 15 is 0 Å². The van der Waals surface area contributed by atoms with Gasteiger partial charge in [-0.25, -0.2) is 9.78 Å². The van der Waals surface area contributed by atoms with E-state index in [0.717, 1.165) is 20.5 Å². The number of amides is 1. The van der Waals surface area contributed by atoms with Gasteiger partial charge in [-0.05, 0) is 6.92 Å². The summed E-state index contributed by atoms with van der Waals surface area (Å²) in [7, 11) is 1.33. The normalized spacial score (nSPS) is 10.6. The highest BCUT2D eigenvalue weighted by molar-refractivity contribution is 7.14. The van der Waals surface area contributed by atoms with Gasteiger partial charge in [-0.15, -0.1) is 11.3 Å². The number of hydrogen-bond acceptors (Lipinski definition) is 7. The number of carbonyl (C=O) groups excluding carboxylic acids is 1. The predicted molar refractivity (Wildman–Crippen MR) is 104 cm³/mol. The van der Waals surface area contributed by atoms with Crippen molar-refractivity contribution < 1.29 is 9.72 Å². The van der Waals surface area contributed by atoms with Crippen molar-refractivity contribution in [1.29, 1.82) is 0 Å². The molecule has 0 aliphatic heterocycles. The molecule has 2 heterocycles. The second-order valence-electron chi connectivity index (χ2n) is 5.97. The Bertz CT molecular complexity index is 1190. The summed E-state index contributed by atoms with van der Waals surface area (Å²) in [4.78, 5) is 50.4. The van der Waals surface area contributed by atoms with E-state index < -0.39 is 22.1 Å². The van der Waals surface area contributed by atoms with Crippen LogP contribution in [0.5, 0.6) is 0 Å². The van der Waals surface area contributed by atoms with E-state index in [1.807, 2.05) is 0 Å². The van der Waals surface area contributed by atoms with Gasteiger partial charge in [0.15, 0.2) is 5.13 Å². The molecule has 0 unspecified atom stereocenters. The molecule has 0 atom stereocenters. The Balaban J connectivity index is 1.76. The minimum atomic E-state index is -0.602. The van der Waals surface area contributed by atoms with Gasteiger partial charge in [0.05, 0.1) is 10.6 Å². The van der Waals surface area contributed by atoms with Crippen molar-refractivity contribution in [2.24, 2.45) is 7.05 Å². The monoisotopic (exact) mass is 401 g/mol. The number of nitrogens with one attached hydrogen (secondary N) is 1. The number of nitrogens with zero attached hydrogens (tertiary/aromatic N) is 4. The van der Waals surface area contributed by atoms with Crippen molar-refractivity contribution >= 4 is 28.1 Å².